The van der Waals surface area contributed by atoms with Crippen LogP contribution in [0.4, 0.5) is 11.4 Å². The van der Waals surface area contributed by atoms with Crippen LogP contribution in [0.3, 0.4) is 0 Å². The summed E-state index contributed by atoms with van der Waals surface area (Å²) >= 11 is 6.02. The van der Waals surface area contributed by atoms with Gasteiger partial charge in [-0.1, -0.05) is 54.1 Å². The largest absolute Gasteiger partial charge is 0.493 e. The number of ether oxygens (including phenoxy) is 2. The molecule has 2 heterocycles. The van der Waals surface area contributed by atoms with Gasteiger partial charge in [-0.3, -0.25) is 14.4 Å². The van der Waals surface area contributed by atoms with Crippen LogP contribution >= 0.6 is 11.6 Å². The highest BCUT2D eigenvalue weighted by atomic mass is 35.5. The van der Waals surface area contributed by atoms with Crippen LogP contribution in [0.1, 0.15) is 22.0 Å². The number of esters is 1. The Hall–Kier alpha value is -4.66. The molecule has 2 aliphatic heterocycles. The Balaban J connectivity index is 1.38. The van der Waals surface area contributed by atoms with Crippen molar-refractivity contribution in [1.82, 2.24) is 0 Å². The van der Waals surface area contributed by atoms with Gasteiger partial charge in [-0.2, -0.15) is 0 Å². The van der Waals surface area contributed by atoms with Gasteiger partial charge in [0.25, 0.3) is 5.91 Å². The van der Waals surface area contributed by atoms with Crippen molar-refractivity contribution in [3.05, 3.63) is 119 Å². The number of para-hydroxylation sites is 1. The van der Waals surface area contributed by atoms with Crippen molar-refractivity contribution >= 4 is 40.8 Å². The summed E-state index contributed by atoms with van der Waals surface area (Å²) in [5.74, 6) is -1.70. The van der Waals surface area contributed by atoms with E-state index in [0.29, 0.717) is 33.3 Å². The van der Waals surface area contributed by atoms with Crippen LogP contribution in [-0.4, -0.2) is 31.0 Å². The second-order valence-electron chi connectivity index (χ2n) is 9.31. The molecule has 0 aliphatic carbocycles. The van der Waals surface area contributed by atoms with Gasteiger partial charge in [-0.15, -0.1) is 0 Å². The van der Waals surface area contributed by atoms with Gasteiger partial charge in [0, 0.05) is 5.02 Å². The van der Waals surface area contributed by atoms with Crippen molar-refractivity contribution in [1.29, 1.82) is 0 Å². The summed E-state index contributed by atoms with van der Waals surface area (Å²) in [4.78, 5) is 47.4. The van der Waals surface area contributed by atoms with Gasteiger partial charge < -0.3 is 9.47 Å². The number of imide groups is 1. The van der Waals surface area contributed by atoms with Gasteiger partial charge in [-0.25, -0.2) is 14.8 Å². The molecule has 0 saturated carbocycles. The molecule has 2 saturated heterocycles. The van der Waals surface area contributed by atoms with Crippen molar-refractivity contribution < 1.29 is 28.7 Å². The molecule has 4 aromatic carbocycles. The number of amides is 2. The second-order valence-corrected chi connectivity index (χ2v) is 9.75. The number of hydrogen-bond acceptors (Lipinski definition) is 7. The summed E-state index contributed by atoms with van der Waals surface area (Å²) < 4.78 is 11.2. The number of rotatable bonds is 6. The number of carbonyl (C=O) groups excluding carboxylic acids is 3. The van der Waals surface area contributed by atoms with E-state index in [-0.39, 0.29) is 11.7 Å². The molecule has 2 amide bonds. The lowest BCUT2D eigenvalue weighted by Gasteiger charge is -2.29. The quantitative estimate of drug-likeness (QED) is 0.174. The maximum atomic E-state index is 13.8. The van der Waals surface area contributed by atoms with Crippen LogP contribution in [0.15, 0.2) is 103 Å². The van der Waals surface area contributed by atoms with Gasteiger partial charge in [0.1, 0.15) is 5.92 Å². The molecule has 0 bridgehead atoms. The Morgan fingerprint density at radius 1 is 0.800 bits per heavy atom. The summed E-state index contributed by atoms with van der Waals surface area (Å²) in [6, 6.07) is 28.8. The van der Waals surface area contributed by atoms with E-state index in [1.807, 2.05) is 36.4 Å². The van der Waals surface area contributed by atoms with Gasteiger partial charge in [0.2, 0.25) is 5.91 Å². The van der Waals surface area contributed by atoms with E-state index in [0.717, 1.165) is 4.90 Å². The molecule has 3 atom stereocenters. The highest BCUT2D eigenvalue weighted by Gasteiger charge is 2.60. The molecule has 9 heteroatoms. The number of hydroxylamine groups is 1. The number of nitrogens with zero attached hydrogens (tertiary/aromatic N) is 2. The molecule has 6 rings (SSSR count). The highest BCUT2D eigenvalue weighted by molar-refractivity contribution is 6.31. The van der Waals surface area contributed by atoms with Crippen molar-refractivity contribution in [3.63, 3.8) is 0 Å². The van der Waals surface area contributed by atoms with Crippen LogP contribution in [0, 0.1) is 5.92 Å². The minimum absolute atomic E-state index is 0.221. The van der Waals surface area contributed by atoms with E-state index in [9.17, 15) is 14.4 Å². The standard InChI is InChI=1S/C31H23ClN2O6/c1-38-25-18-20(12-17-24(25)39-31(37)19-8-4-2-5-9-19)27-26-28(40-34(27)23-10-6-3-7-11-23)30(36)33(29(26)35)22-15-13-21(32)14-16-22/h2-18,26-28H,1H3. The first kappa shape index (κ1) is 25.6. The minimum Gasteiger partial charge on any atom is -0.493 e. The average molecular weight is 555 g/mol. The molecule has 3 unspecified atom stereocenters. The topological polar surface area (TPSA) is 85.4 Å². The van der Waals surface area contributed by atoms with Crippen LogP contribution in [-0.2, 0) is 14.4 Å². The molecule has 4 aromatic rings. The number of benzene rings is 4. The molecule has 0 spiro atoms. The minimum atomic E-state index is -1.03. The van der Waals surface area contributed by atoms with Crippen LogP contribution in [0.5, 0.6) is 11.5 Å². The van der Waals surface area contributed by atoms with Gasteiger partial charge in [0.05, 0.1) is 30.1 Å². The van der Waals surface area contributed by atoms with E-state index in [1.165, 1.54) is 7.11 Å². The van der Waals surface area contributed by atoms with Gasteiger partial charge in [-0.05, 0) is 66.2 Å². The zero-order valence-corrected chi connectivity index (χ0v) is 22.0. The van der Waals surface area contributed by atoms with Crippen LogP contribution in [0.2, 0.25) is 5.02 Å². The molecule has 2 fully saturated rings. The SMILES string of the molecule is COc1cc(C2C3C(=O)N(c4ccc(Cl)cc4)C(=O)C3ON2c2ccccc2)ccc1OC(=O)c1ccccc1. The summed E-state index contributed by atoms with van der Waals surface area (Å²) in [5, 5.41) is 2.09. The van der Waals surface area contributed by atoms with E-state index >= 15 is 0 Å². The first-order valence-electron chi connectivity index (χ1n) is 12.6. The van der Waals surface area contributed by atoms with Gasteiger partial charge in [0.15, 0.2) is 17.6 Å². The molecule has 0 aromatic heterocycles. The monoisotopic (exact) mass is 554 g/mol. The smallest absolute Gasteiger partial charge is 0.343 e. The maximum absolute atomic E-state index is 13.8. The number of hydrogen-bond donors (Lipinski definition) is 0. The summed E-state index contributed by atoms with van der Waals surface area (Å²) in [7, 11) is 1.47. The molecule has 0 radical (unpaired) electrons. The lowest BCUT2D eigenvalue weighted by Crippen LogP contribution is -2.37. The molecule has 8 nitrogen and oxygen atoms in total. The molecule has 40 heavy (non-hydrogen) atoms. The van der Waals surface area contributed by atoms with Crippen molar-refractivity contribution in [3.8, 4) is 11.5 Å². The van der Waals surface area contributed by atoms with Crippen molar-refractivity contribution in [2.24, 2.45) is 5.92 Å². The highest BCUT2D eigenvalue weighted by Crippen LogP contribution is 2.48. The fraction of sp³-hybridized carbons (Fsp3) is 0.129. The Morgan fingerprint density at radius 2 is 1.48 bits per heavy atom. The zero-order chi connectivity index (χ0) is 27.8. The number of methoxy groups -OCH3 is 1. The Kier molecular flexibility index (Phi) is 6.71. The first-order valence-corrected chi connectivity index (χ1v) is 12.9. The van der Waals surface area contributed by atoms with E-state index in [2.05, 4.69) is 0 Å². The lowest BCUT2D eigenvalue weighted by atomic mass is 9.90. The summed E-state index contributed by atoms with van der Waals surface area (Å²) in [5.41, 5.74) is 2.14. The Bertz CT molecular complexity index is 1580. The van der Waals surface area contributed by atoms with Crippen molar-refractivity contribution in [2.75, 3.05) is 17.1 Å². The average Bonchev–Trinajstić information content (AvgIpc) is 3.50. The number of carbonyl (C=O) groups is 3. The lowest BCUT2D eigenvalue weighted by molar-refractivity contribution is -0.126. The third-order valence-electron chi connectivity index (χ3n) is 6.95. The third-order valence-corrected chi connectivity index (χ3v) is 7.20. The predicted octanol–water partition coefficient (Wildman–Crippen LogP) is 5.62. The zero-order valence-electron chi connectivity index (χ0n) is 21.3. The molecular formula is C31H23ClN2O6. The normalized spacial score (nSPS) is 20.0. The third kappa shape index (κ3) is 4.47. The number of anilines is 2. The molecule has 2 aliphatic rings. The molecular weight excluding hydrogens is 532 g/mol. The molecule has 200 valence electrons. The molecule has 0 N–H and O–H groups in total. The first-order chi connectivity index (χ1) is 19.5. The van der Waals surface area contributed by atoms with E-state index < -0.39 is 29.9 Å². The Morgan fingerprint density at radius 3 is 2.15 bits per heavy atom. The Labute approximate surface area is 235 Å². The van der Waals surface area contributed by atoms with Crippen LogP contribution in [0.25, 0.3) is 0 Å². The fourth-order valence-electron chi connectivity index (χ4n) is 5.08. The van der Waals surface area contributed by atoms with Crippen LogP contribution < -0.4 is 19.4 Å². The summed E-state index contributed by atoms with van der Waals surface area (Å²) in [6.45, 7) is 0. The second kappa shape index (κ2) is 10.5. The van der Waals surface area contributed by atoms with E-state index in [1.54, 1.807) is 71.8 Å². The number of halogens is 1. The van der Waals surface area contributed by atoms with Crippen molar-refractivity contribution in [2.45, 2.75) is 12.1 Å². The summed E-state index contributed by atoms with van der Waals surface area (Å²) in [6.07, 6.45) is -1.03. The number of fused-ring (bicyclic) bond motifs is 1. The van der Waals surface area contributed by atoms with Gasteiger partial charge >= 0.3 is 5.97 Å². The van der Waals surface area contributed by atoms with E-state index in [4.69, 9.17) is 25.9 Å². The predicted molar refractivity (Wildman–Crippen MR) is 148 cm³/mol. The maximum Gasteiger partial charge on any atom is 0.343 e. The fourth-order valence-corrected chi connectivity index (χ4v) is 5.21.